The van der Waals surface area contributed by atoms with Gasteiger partial charge in [-0.15, -0.1) is 0 Å². The van der Waals surface area contributed by atoms with Gasteiger partial charge in [0.25, 0.3) is 10.0 Å². The van der Waals surface area contributed by atoms with Crippen LogP contribution in [-0.2, 0) is 10.0 Å². The van der Waals surface area contributed by atoms with Gasteiger partial charge in [-0.2, -0.15) is 12.8 Å². The molecule has 0 saturated carbocycles. The second kappa shape index (κ2) is 2.21. The fourth-order valence-corrected chi connectivity index (χ4v) is 2.63. The molecule has 0 bridgehead atoms. The van der Waals surface area contributed by atoms with Crippen molar-refractivity contribution >= 4 is 27.3 Å². The molecule has 6 heteroatoms. The zero-order valence-corrected chi connectivity index (χ0v) is 7.65. The van der Waals surface area contributed by atoms with Crippen molar-refractivity contribution in [2.24, 2.45) is 4.40 Å². The summed E-state index contributed by atoms with van der Waals surface area (Å²) in [5.74, 6) is 0. The van der Waals surface area contributed by atoms with Crippen LogP contribution < -0.4 is 0 Å². The van der Waals surface area contributed by atoms with Crippen molar-refractivity contribution in [3.63, 3.8) is 0 Å². The molecule has 14 heavy (non-hydrogen) atoms. The summed E-state index contributed by atoms with van der Waals surface area (Å²) in [6.45, 7) is 0. The molecule has 5 nitrogen and oxygen atoms in total. The van der Waals surface area contributed by atoms with Crippen molar-refractivity contribution in [3.05, 3.63) is 24.1 Å². The lowest BCUT2D eigenvalue weighted by Gasteiger charge is -1.95. The van der Waals surface area contributed by atoms with Crippen molar-refractivity contribution < 1.29 is 12.8 Å². The number of fused-ring (bicyclic) bond motifs is 3. The SMILES string of the molecule is O=S1(=O)N=Cc2ccc3ncoc3c21. The maximum absolute atomic E-state index is 11.5. The minimum Gasteiger partial charge on any atom is -0.442 e. The molecule has 2 heterocycles. The van der Waals surface area contributed by atoms with Crippen molar-refractivity contribution in [1.29, 1.82) is 0 Å². The number of sulfonamides is 1. The summed E-state index contributed by atoms with van der Waals surface area (Å²) in [4.78, 5) is 3.99. The zero-order valence-electron chi connectivity index (χ0n) is 6.84. The topological polar surface area (TPSA) is 72.5 Å². The number of aromatic nitrogens is 1. The average molecular weight is 208 g/mol. The van der Waals surface area contributed by atoms with E-state index in [-0.39, 0.29) is 10.5 Å². The predicted molar refractivity (Wildman–Crippen MR) is 48.8 cm³/mol. The third-order valence-corrected chi connectivity index (χ3v) is 3.39. The molecule has 1 aromatic heterocycles. The molecule has 2 aromatic rings. The molecule has 0 radical (unpaired) electrons. The third-order valence-electron chi connectivity index (χ3n) is 2.07. The summed E-state index contributed by atoms with van der Waals surface area (Å²) >= 11 is 0. The van der Waals surface area contributed by atoms with Gasteiger partial charge in [0, 0.05) is 11.8 Å². The molecule has 1 aliphatic heterocycles. The Kier molecular flexibility index (Phi) is 1.22. The van der Waals surface area contributed by atoms with Crippen LogP contribution in [0.25, 0.3) is 11.1 Å². The van der Waals surface area contributed by atoms with Gasteiger partial charge in [-0.1, -0.05) is 0 Å². The molecule has 0 N–H and O–H groups in total. The maximum Gasteiger partial charge on any atom is 0.286 e. The van der Waals surface area contributed by atoms with Crippen molar-refractivity contribution in [3.8, 4) is 0 Å². The second-order valence-electron chi connectivity index (χ2n) is 2.89. The molecule has 0 spiro atoms. The van der Waals surface area contributed by atoms with Crippen LogP contribution in [0.4, 0.5) is 0 Å². The Labute approximate surface area is 79.1 Å². The van der Waals surface area contributed by atoms with E-state index in [1.807, 2.05) is 0 Å². The van der Waals surface area contributed by atoms with Crippen LogP contribution in [0.3, 0.4) is 0 Å². The zero-order chi connectivity index (χ0) is 9.76. The van der Waals surface area contributed by atoms with Crippen molar-refractivity contribution in [2.45, 2.75) is 4.90 Å². The molecule has 0 amide bonds. The molecular formula is C8H4N2O3S. The minimum absolute atomic E-state index is 0.118. The Morgan fingerprint density at radius 3 is 3.00 bits per heavy atom. The monoisotopic (exact) mass is 208 g/mol. The van der Waals surface area contributed by atoms with Crippen LogP contribution in [0.2, 0.25) is 0 Å². The maximum atomic E-state index is 11.5. The smallest absolute Gasteiger partial charge is 0.286 e. The van der Waals surface area contributed by atoms with Gasteiger partial charge in [0.15, 0.2) is 12.0 Å². The van der Waals surface area contributed by atoms with E-state index in [9.17, 15) is 8.42 Å². The van der Waals surface area contributed by atoms with E-state index in [0.717, 1.165) is 0 Å². The highest BCUT2D eigenvalue weighted by Crippen LogP contribution is 2.30. The highest BCUT2D eigenvalue weighted by atomic mass is 32.2. The number of oxazole rings is 1. The Hall–Kier alpha value is -1.69. The summed E-state index contributed by atoms with van der Waals surface area (Å²) in [6, 6.07) is 3.36. The molecule has 3 rings (SSSR count). The first-order chi connectivity index (χ1) is 6.68. The largest absolute Gasteiger partial charge is 0.442 e. The summed E-state index contributed by atoms with van der Waals surface area (Å²) in [5.41, 5.74) is 1.35. The lowest BCUT2D eigenvalue weighted by molar-refractivity contribution is 0.582. The van der Waals surface area contributed by atoms with E-state index in [2.05, 4.69) is 9.38 Å². The van der Waals surface area contributed by atoms with Crippen LogP contribution in [0.15, 0.2) is 32.2 Å². The van der Waals surface area contributed by atoms with Gasteiger partial charge in [-0.3, -0.25) is 0 Å². The first-order valence-corrected chi connectivity index (χ1v) is 5.29. The van der Waals surface area contributed by atoms with E-state index >= 15 is 0 Å². The van der Waals surface area contributed by atoms with Crippen LogP contribution >= 0.6 is 0 Å². The van der Waals surface area contributed by atoms with Gasteiger partial charge in [0.2, 0.25) is 0 Å². The van der Waals surface area contributed by atoms with Crippen LogP contribution in [-0.4, -0.2) is 19.6 Å². The minimum atomic E-state index is -3.57. The second-order valence-corrected chi connectivity index (χ2v) is 4.46. The normalized spacial score (nSPS) is 17.4. The summed E-state index contributed by atoms with van der Waals surface area (Å²) in [7, 11) is -3.57. The molecule has 0 saturated heterocycles. The quantitative estimate of drug-likeness (QED) is 0.646. The van der Waals surface area contributed by atoms with E-state index in [1.54, 1.807) is 12.1 Å². The number of rotatable bonds is 0. The number of nitrogens with zero attached hydrogens (tertiary/aromatic N) is 2. The first kappa shape index (κ1) is 7.69. The lowest BCUT2D eigenvalue weighted by Crippen LogP contribution is -1.93. The predicted octanol–water partition coefficient (Wildman–Crippen LogP) is 0.949. The van der Waals surface area contributed by atoms with Gasteiger partial charge >= 0.3 is 0 Å². The summed E-state index contributed by atoms with van der Waals surface area (Å²) in [5, 5.41) is 0. The highest BCUT2D eigenvalue weighted by molar-refractivity contribution is 7.91. The molecule has 0 atom stereocenters. The van der Waals surface area contributed by atoms with Gasteiger partial charge in [-0.05, 0) is 12.1 Å². The molecule has 70 valence electrons. The standard InChI is InChI=1S/C8H4N2O3S/c11-14(12)8-5(3-10-14)1-2-6-7(8)13-4-9-6/h1-4H. The molecular weight excluding hydrogens is 204 g/mol. The first-order valence-electron chi connectivity index (χ1n) is 3.85. The average Bonchev–Trinajstić information content (AvgIpc) is 2.69. The van der Waals surface area contributed by atoms with Crippen LogP contribution in [0, 0.1) is 0 Å². The number of benzene rings is 1. The van der Waals surface area contributed by atoms with Crippen LogP contribution in [0.5, 0.6) is 0 Å². The highest BCUT2D eigenvalue weighted by Gasteiger charge is 2.27. The third kappa shape index (κ3) is 0.805. The Morgan fingerprint density at radius 1 is 1.29 bits per heavy atom. The van der Waals surface area contributed by atoms with Gasteiger partial charge in [-0.25, -0.2) is 4.98 Å². The van der Waals surface area contributed by atoms with Gasteiger partial charge in [0.1, 0.15) is 10.4 Å². The number of hydrogen-bond acceptors (Lipinski definition) is 4. The van der Waals surface area contributed by atoms with E-state index in [1.165, 1.54) is 12.6 Å². The van der Waals surface area contributed by atoms with E-state index < -0.39 is 10.0 Å². The molecule has 0 fully saturated rings. The summed E-state index contributed by atoms with van der Waals surface area (Å²) in [6.07, 6.45) is 2.53. The molecule has 1 aliphatic rings. The van der Waals surface area contributed by atoms with Crippen LogP contribution in [0.1, 0.15) is 5.56 Å². The number of hydrogen-bond donors (Lipinski definition) is 0. The molecule has 0 unspecified atom stereocenters. The Bertz CT molecular complexity index is 654. The van der Waals surface area contributed by atoms with Crippen molar-refractivity contribution in [1.82, 2.24) is 4.98 Å². The molecule has 1 aromatic carbocycles. The van der Waals surface area contributed by atoms with Gasteiger partial charge < -0.3 is 4.42 Å². The summed E-state index contributed by atoms with van der Waals surface area (Å²) < 4.78 is 31.4. The fraction of sp³-hybridized carbons (Fsp3) is 0. The van der Waals surface area contributed by atoms with E-state index in [4.69, 9.17) is 4.42 Å². The Balaban J connectivity index is 2.60. The van der Waals surface area contributed by atoms with E-state index in [0.29, 0.717) is 11.1 Å². The fourth-order valence-electron chi connectivity index (χ4n) is 1.47. The molecule has 0 aliphatic carbocycles. The van der Waals surface area contributed by atoms with Gasteiger partial charge in [0.05, 0.1) is 0 Å². The lowest BCUT2D eigenvalue weighted by atomic mass is 10.2. The van der Waals surface area contributed by atoms with Crippen molar-refractivity contribution in [2.75, 3.05) is 0 Å². The Morgan fingerprint density at radius 2 is 2.14 bits per heavy atom.